The summed E-state index contributed by atoms with van der Waals surface area (Å²) in [5.41, 5.74) is -1.05. The summed E-state index contributed by atoms with van der Waals surface area (Å²) in [6.07, 6.45) is 0.157. The van der Waals surface area contributed by atoms with Crippen LogP contribution in [0.2, 0.25) is 0 Å². The van der Waals surface area contributed by atoms with E-state index in [1.165, 1.54) is 0 Å². The number of hydrogen-bond acceptors (Lipinski definition) is 4. The third-order valence-electron chi connectivity index (χ3n) is 4.72. The highest BCUT2D eigenvalue weighted by Crippen LogP contribution is 2.53. The van der Waals surface area contributed by atoms with E-state index in [0.29, 0.717) is 0 Å². The van der Waals surface area contributed by atoms with Gasteiger partial charge >= 0.3 is 0 Å². The van der Waals surface area contributed by atoms with Gasteiger partial charge in [-0.25, -0.2) is 0 Å². The molecule has 0 amide bonds. The summed E-state index contributed by atoms with van der Waals surface area (Å²) in [6, 6.07) is 0.226. The molecule has 2 aliphatic rings. The Labute approximate surface area is 104 Å². The van der Waals surface area contributed by atoms with Crippen molar-refractivity contribution >= 4 is 0 Å². The second kappa shape index (κ2) is 3.67. The Bertz CT molecular complexity index is 316. The molecule has 4 atom stereocenters. The summed E-state index contributed by atoms with van der Waals surface area (Å²) in [7, 11) is 3.49. The summed E-state index contributed by atoms with van der Waals surface area (Å²) in [5.74, 6) is 0. The summed E-state index contributed by atoms with van der Waals surface area (Å²) in [6.45, 7) is 10.6. The van der Waals surface area contributed by atoms with Crippen molar-refractivity contribution in [1.82, 2.24) is 5.32 Å². The number of morpholine rings is 1. The lowest BCUT2D eigenvalue weighted by Crippen LogP contribution is -2.70. The highest BCUT2D eigenvalue weighted by atomic mass is 16.6. The molecule has 2 bridgehead atoms. The van der Waals surface area contributed by atoms with Gasteiger partial charge in [-0.05, 0) is 34.6 Å². The van der Waals surface area contributed by atoms with Crippen molar-refractivity contribution in [3.8, 4) is 0 Å². The van der Waals surface area contributed by atoms with Crippen molar-refractivity contribution < 1.29 is 14.2 Å². The van der Waals surface area contributed by atoms with Gasteiger partial charge in [0.25, 0.3) is 0 Å². The van der Waals surface area contributed by atoms with Crippen LogP contribution in [0, 0.1) is 0 Å². The van der Waals surface area contributed by atoms with Crippen molar-refractivity contribution in [2.24, 2.45) is 0 Å². The van der Waals surface area contributed by atoms with Gasteiger partial charge in [0.1, 0.15) is 11.7 Å². The van der Waals surface area contributed by atoms with Gasteiger partial charge in [-0.1, -0.05) is 0 Å². The maximum Gasteiger partial charge on any atom is 0.142 e. The third kappa shape index (κ3) is 1.38. The molecular formula is C13H25NO3. The minimum absolute atomic E-state index is 0.0162. The van der Waals surface area contributed by atoms with E-state index < -0.39 is 11.2 Å². The monoisotopic (exact) mass is 243 g/mol. The van der Waals surface area contributed by atoms with E-state index in [0.717, 1.165) is 0 Å². The normalized spacial score (nSPS) is 44.3. The zero-order valence-electron chi connectivity index (χ0n) is 12.0. The Morgan fingerprint density at radius 1 is 1.24 bits per heavy atom. The molecule has 0 aromatic carbocycles. The Hall–Kier alpha value is -0.160. The average Bonchev–Trinajstić information content (AvgIpc) is 2.64. The second-order valence-corrected chi connectivity index (χ2v) is 6.22. The molecule has 2 aliphatic heterocycles. The minimum atomic E-state index is -0.465. The fourth-order valence-corrected chi connectivity index (χ4v) is 3.85. The lowest BCUT2D eigenvalue weighted by molar-refractivity contribution is -0.233. The molecule has 0 aliphatic carbocycles. The Morgan fingerprint density at radius 3 is 2.29 bits per heavy atom. The molecule has 4 unspecified atom stereocenters. The SMILES string of the molecule is COC1C2NC(C)(C)C1(C(C)(C)OC)OC2C. The second-order valence-electron chi connectivity index (χ2n) is 6.22. The van der Waals surface area contributed by atoms with Crippen LogP contribution in [0.1, 0.15) is 34.6 Å². The number of methoxy groups -OCH3 is 2. The minimum Gasteiger partial charge on any atom is -0.377 e. The summed E-state index contributed by atoms with van der Waals surface area (Å²) in [5, 5.41) is 3.63. The zero-order valence-corrected chi connectivity index (χ0v) is 12.0. The van der Waals surface area contributed by atoms with E-state index in [4.69, 9.17) is 14.2 Å². The van der Waals surface area contributed by atoms with E-state index in [-0.39, 0.29) is 23.8 Å². The third-order valence-corrected chi connectivity index (χ3v) is 4.72. The maximum atomic E-state index is 6.31. The maximum absolute atomic E-state index is 6.31. The summed E-state index contributed by atoms with van der Waals surface area (Å²) >= 11 is 0. The first-order valence-electron chi connectivity index (χ1n) is 6.27. The van der Waals surface area contributed by atoms with Gasteiger partial charge in [0.15, 0.2) is 0 Å². The summed E-state index contributed by atoms with van der Waals surface area (Å²) < 4.78 is 17.8. The van der Waals surface area contributed by atoms with Gasteiger partial charge in [-0.2, -0.15) is 0 Å². The molecule has 2 saturated heterocycles. The van der Waals surface area contributed by atoms with Crippen LogP contribution in [-0.4, -0.2) is 49.2 Å². The summed E-state index contributed by atoms with van der Waals surface area (Å²) in [4.78, 5) is 0. The van der Waals surface area contributed by atoms with Crippen molar-refractivity contribution in [3.05, 3.63) is 0 Å². The van der Waals surface area contributed by atoms with E-state index in [1.54, 1.807) is 14.2 Å². The lowest BCUT2D eigenvalue weighted by Gasteiger charge is -2.52. The molecule has 4 nitrogen and oxygen atoms in total. The Morgan fingerprint density at radius 2 is 1.82 bits per heavy atom. The van der Waals surface area contributed by atoms with Gasteiger partial charge < -0.3 is 19.5 Å². The largest absolute Gasteiger partial charge is 0.377 e. The topological polar surface area (TPSA) is 39.7 Å². The first-order chi connectivity index (χ1) is 7.73. The van der Waals surface area contributed by atoms with E-state index in [9.17, 15) is 0 Å². The molecule has 0 spiro atoms. The van der Waals surface area contributed by atoms with E-state index >= 15 is 0 Å². The Kier molecular flexibility index (Phi) is 2.86. The molecular weight excluding hydrogens is 218 g/mol. The van der Waals surface area contributed by atoms with Gasteiger partial charge in [0.2, 0.25) is 0 Å². The highest BCUT2D eigenvalue weighted by molar-refractivity contribution is 5.28. The quantitative estimate of drug-likeness (QED) is 0.812. The molecule has 2 heterocycles. The molecule has 0 radical (unpaired) electrons. The standard InChI is InChI=1S/C13H25NO3/c1-8-9-10(15-6)13(17-8,11(2,3)14-9)12(4,5)16-7/h8-10,14H,1-7H3. The van der Waals surface area contributed by atoms with Crippen LogP contribution in [0.5, 0.6) is 0 Å². The van der Waals surface area contributed by atoms with Crippen LogP contribution >= 0.6 is 0 Å². The van der Waals surface area contributed by atoms with Crippen LogP contribution in [0.3, 0.4) is 0 Å². The predicted molar refractivity (Wildman–Crippen MR) is 66.2 cm³/mol. The molecule has 17 heavy (non-hydrogen) atoms. The average molecular weight is 243 g/mol. The van der Waals surface area contributed by atoms with E-state index in [2.05, 4.69) is 39.9 Å². The number of rotatable bonds is 3. The first kappa shape index (κ1) is 13.3. The fraction of sp³-hybridized carbons (Fsp3) is 1.00. The zero-order chi connectivity index (χ0) is 13.1. The van der Waals surface area contributed by atoms with Gasteiger partial charge in [-0.3, -0.25) is 0 Å². The van der Waals surface area contributed by atoms with Crippen molar-refractivity contribution in [1.29, 1.82) is 0 Å². The van der Waals surface area contributed by atoms with Crippen molar-refractivity contribution in [2.45, 2.75) is 69.6 Å². The van der Waals surface area contributed by atoms with E-state index in [1.807, 2.05) is 0 Å². The van der Waals surface area contributed by atoms with Gasteiger partial charge in [-0.15, -0.1) is 0 Å². The number of fused-ring (bicyclic) bond motifs is 2. The molecule has 0 aromatic rings. The molecule has 1 N–H and O–H groups in total. The van der Waals surface area contributed by atoms with Crippen LogP contribution < -0.4 is 5.32 Å². The number of hydrogen-bond donors (Lipinski definition) is 1. The smallest absolute Gasteiger partial charge is 0.142 e. The first-order valence-corrected chi connectivity index (χ1v) is 6.27. The molecule has 100 valence electrons. The molecule has 4 heteroatoms. The van der Waals surface area contributed by atoms with Crippen LogP contribution in [0.4, 0.5) is 0 Å². The van der Waals surface area contributed by atoms with Crippen molar-refractivity contribution in [3.63, 3.8) is 0 Å². The lowest BCUT2D eigenvalue weighted by atomic mass is 9.71. The van der Waals surface area contributed by atoms with Gasteiger partial charge in [0, 0.05) is 19.8 Å². The molecule has 2 rings (SSSR count). The van der Waals surface area contributed by atoms with Crippen LogP contribution in [0.25, 0.3) is 0 Å². The van der Waals surface area contributed by atoms with Crippen LogP contribution in [0.15, 0.2) is 0 Å². The fourth-order valence-electron chi connectivity index (χ4n) is 3.85. The molecule has 2 fully saturated rings. The highest BCUT2D eigenvalue weighted by Gasteiger charge is 2.74. The molecule has 0 aromatic heterocycles. The van der Waals surface area contributed by atoms with Gasteiger partial charge in [0.05, 0.1) is 17.7 Å². The molecule has 0 saturated carbocycles. The number of ether oxygens (including phenoxy) is 3. The van der Waals surface area contributed by atoms with Crippen LogP contribution in [-0.2, 0) is 14.2 Å². The number of nitrogens with one attached hydrogen (secondary N) is 1. The predicted octanol–water partition coefficient (Wildman–Crippen LogP) is 1.33. The van der Waals surface area contributed by atoms with Crippen molar-refractivity contribution in [2.75, 3.05) is 14.2 Å². The Balaban J connectivity index is 2.52.